The molecule has 4 nitrogen and oxygen atoms in total. The van der Waals surface area contributed by atoms with Crippen molar-refractivity contribution in [1.29, 1.82) is 0 Å². The van der Waals surface area contributed by atoms with E-state index in [9.17, 15) is 13.2 Å². The van der Waals surface area contributed by atoms with Gasteiger partial charge in [-0.1, -0.05) is 24.3 Å². The van der Waals surface area contributed by atoms with E-state index in [1.54, 1.807) is 38.1 Å². The molecule has 0 saturated carbocycles. The summed E-state index contributed by atoms with van der Waals surface area (Å²) >= 11 is 0. The van der Waals surface area contributed by atoms with Gasteiger partial charge >= 0.3 is 0 Å². The van der Waals surface area contributed by atoms with Crippen LogP contribution in [0.15, 0.2) is 59.5 Å². The topological polar surface area (TPSA) is 63.2 Å². The molecule has 0 aromatic heterocycles. The van der Waals surface area contributed by atoms with Crippen LogP contribution in [0.4, 0.5) is 5.69 Å². The van der Waals surface area contributed by atoms with Crippen molar-refractivity contribution in [3.05, 3.63) is 60.2 Å². The molecule has 0 atom stereocenters. The molecule has 0 aliphatic carbocycles. The number of sulfone groups is 1. The van der Waals surface area contributed by atoms with Crippen LogP contribution in [-0.4, -0.2) is 19.6 Å². The van der Waals surface area contributed by atoms with Gasteiger partial charge in [0, 0.05) is 11.3 Å². The van der Waals surface area contributed by atoms with Gasteiger partial charge in [0.05, 0.1) is 10.1 Å². The van der Waals surface area contributed by atoms with E-state index >= 15 is 0 Å². The minimum absolute atomic E-state index is 0.165. The fourth-order valence-corrected chi connectivity index (χ4v) is 2.92. The van der Waals surface area contributed by atoms with Crippen molar-refractivity contribution in [3.8, 4) is 0 Å². The molecule has 0 saturated heterocycles. The van der Waals surface area contributed by atoms with Gasteiger partial charge < -0.3 is 5.32 Å². The monoisotopic (exact) mass is 303 g/mol. The second-order valence-electron chi connectivity index (χ2n) is 4.94. The summed E-state index contributed by atoms with van der Waals surface area (Å²) < 4.78 is 24.3. The summed E-state index contributed by atoms with van der Waals surface area (Å²) in [5.74, 6) is -0.331. The number of rotatable bonds is 4. The standard InChI is InChI=1S/C16H17NO3S/c1-12(2)21(19,20)15-10-6-7-13(11-15)16(18)17-14-8-4-3-5-9-14/h3-12H,1-2H3,(H,17,18). The number of anilines is 1. The van der Waals surface area contributed by atoms with Crippen molar-refractivity contribution in [2.75, 3.05) is 5.32 Å². The van der Waals surface area contributed by atoms with E-state index in [2.05, 4.69) is 5.32 Å². The highest BCUT2D eigenvalue weighted by atomic mass is 32.2. The third-order valence-electron chi connectivity index (χ3n) is 3.08. The maximum absolute atomic E-state index is 12.2. The van der Waals surface area contributed by atoms with Crippen molar-refractivity contribution in [2.24, 2.45) is 0 Å². The van der Waals surface area contributed by atoms with Crippen LogP contribution >= 0.6 is 0 Å². The Kier molecular flexibility index (Phi) is 4.43. The van der Waals surface area contributed by atoms with Crippen LogP contribution in [0.1, 0.15) is 24.2 Å². The molecule has 0 unspecified atom stereocenters. The molecule has 0 heterocycles. The molecule has 0 aliphatic rings. The van der Waals surface area contributed by atoms with Crippen molar-refractivity contribution >= 4 is 21.4 Å². The first-order valence-corrected chi connectivity index (χ1v) is 8.16. The van der Waals surface area contributed by atoms with Gasteiger partial charge in [0.15, 0.2) is 9.84 Å². The Hall–Kier alpha value is -2.14. The number of amides is 1. The molecule has 1 amide bonds. The lowest BCUT2D eigenvalue weighted by Gasteiger charge is -2.10. The average Bonchev–Trinajstić information content (AvgIpc) is 2.48. The zero-order valence-corrected chi connectivity index (χ0v) is 12.7. The van der Waals surface area contributed by atoms with Gasteiger partial charge in [-0.3, -0.25) is 4.79 Å². The van der Waals surface area contributed by atoms with E-state index in [1.165, 1.54) is 12.1 Å². The smallest absolute Gasteiger partial charge is 0.255 e. The van der Waals surface area contributed by atoms with E-state index in [0.717, 1.165) is 0 Å². The Labute approximate surface area is 124 Å². The summed E-state index contributed by atoms with van der Waals surface area (Å²) in [5, 5.41) is 2.21. The lowest BCUT2D eigenvalue weighted by molar-refractivity contribution is 0.102. The lowest BCUT2D eigenvalue weighted by atomic mass is 10.2. The van der Waals surface area contributed by atoms with E-state index in [-0.39, 0.29) is 10.8 Å². The highest BCUT2D eigenvalue weighted by Crippen LogP contribution is 2.18. The van der Waals surface area contributed by atoms with Crippen LogP contribution in [-0.2, 0) is 9.84 Å². The number of hydrogen-bond donors (Lipinski definition) is 1. The number of hydrogen-bond acceptors (Lipinski definition) is 3. The number of para-hydroxylation sites is 1. The molecule has 0 radical (unpaired) electrons. The van der Waals surface area contributed by atoms with E-state index in [0.29, 0.717) is 11.3 Å². The molecule has 2 aromatic carbocycles. The van der Waals surface area contributed by atoms with E-state index in [1.807, 2.05) is 18.2 Å². The first-order valence-electron chi connectivity index (χ1n) is 6.61. The molecular weight excluding hydrogens is 286 g/mol. The maximum Gasteiger partial charge on any atom is 0.255 e. The molecule has 1 N–H and O–H groups in total. The second kappa shape index (κ2) is 6.10. The Morgan fingerprint density at radius 3 is 2.29 bits per heavy atom. The SMILES string of the molecule is CC(C)S(=O)(=O)c1cccc(C(=O)Nc2ccccc2)c1. The fraction of sp³-hybridized carbons (Fsp3) is 0.188. The van der Waals surface area contributed by atoms with Gasteiger partial charge in [0.2, 0.25) is 0 Å². The van der Waals surface area contributed by atoms with Crippen LogP contribution in [0.3, 0.4) is 0 Å². The lowest BCUT2D eigenvalue weighted by Crippen LogP contribution is -2.16. The van der Waals surface area contributed by atoms with Crippen LogP contribution in [0, 0.1) is 0 Å². The van der Waals surface area contributed by atoms with E-state index in [4.69, 9.17) is 0 Å². The molecular formula is C16H17NO3S. The van der Waals surface area contributed by atoms with Crippen LogP contribution in [0.25, 0.3) is 0 Å². The van der Waals surface area contributed by atoms with Gasteiger partial charge in [-0.25, -0.2) is 8.42 Å². The summed E-state index contributed by atoms with van der Waals surface area (Å²) in [7, 11) is -3.39. The number of nitrogens with one attached hydrogen (secondary N) is 1. The van der Waals surface area contributed by atoms with Crippen molar-refractivity contribution < 1.29 is 13.2 Å². The third kappa shape index (κ3) is 3.49. The highest BCUT2D eigenvalue weighted by Gasteiger charge is 2.20. The predicted molar refractivity (Wildman–Crippen MR) is 83.2 cm³/mol. The van der Waals surface area contributed by atoms with Gasteiger partial charge in [-0.2, -0.15) is 0 Å². The average molecular weight is 303 g/mol. The number of benzene rings is 2. The zero-order valence-electron chi connectivity index (χ0n) is 11.9. The molecule has 110 valence electrons. The Morgan fingerprint density at radius 2 is 1.67 bits per heavy atom. The Morgan fingerprint density at radius 1 is 1.00 bits per heavy atom. The van der Waals surface area contributed by atoms with Gasteiger partial charge in [-0.15, -0.1) is 0 Å². The predicted octanol–water partition coefficient (Wildman–Crippen LogP) is 3.12. The summed E-state index contributed by atoms with van der Waals surface area (Å²) in [6, 6.07) is 15.1. The van der Waals surface area contributed by atoms with Gasteiger partial charge in [0.1, 0.15) is 0 Å². The first-order chi connectivity index (χ1) is 9.91. The molecule has 2 aromatic rings. The maximum atomic E-state index is 12.2. The Balaban J connectivity index is 2.28. The highest BCUT2D eigenvalue weighted by molar-refractivity contribution is 7.92. The quantitative estimate of drug-likeness (QED) is 0.944. The molecule has 0 bridgehead atoms. The van der Waals surface area contributed by atoms with Crippen molar-refractivity contribution in [2.45, 2.75) is 24.0 Å². The molecule has 0 fully saturated rings. The van der Waals surface area contributed by atoms with Crippen LogP contribution in [0.5, 0.6) is 0 Å². The van der Waals surface area contributed by atoms with Crippen molar-refractivity contribution in [3.63, 3.8) is 0 Å². The number of carbonyl (C=O) groups excluding carboxylic acids is 1. The van der Waals surface area contributed by atoms with Crippen molar-refractivity contribution in [1.82, 2.24) is 0 Å². The van der Waals surface area contributed by atoms with Gasteiger partial charge in [0.25, 0.3) is 5.91 Å². The normalized spacial score (nSPS) is 11.4. The zero-order chi connectivity index (χ0) is 15.5. The van der Waals surface area contributed by atoms with Gasteiger partial charge in [-0.05, 0) is 44.2 Å². The Bertz CT molecular complexity index is 737. The second-order valence-corrected chi connectivity index (χ2v) is 7.45. The summed E-state index contributed by atoms with van der Waals surface area (Å²) in [5.41, 5.74) is 0.986. The molecule has 0 spiro atoms. The number of carbonyl (C=O) groups is 1. The summed E-state index contributed by atoms with van der Waals surface area (Å²) in [4.78, 5) is 12.3. The summed E-state index contributed by atoms with van der Waals surface area (Å²) in [6.07, 6.45) is 0. The minimum Gasteiger partial charge on any atom is -0.322 e. The largest absolute Gasteiger partial charge is 0.322 e. The molecule has 0 aliphatic heterocycles. The van der Waals surface area contributed by atoms with Crippen LogP contribution < -0.4 is 5.32 Å². The molecule has 21 heavy (non-hydrogen) atoms. The molecule has 2 rings (SSSR count). The molecule has 5 heteroatoms. The van der Waals surface area contributed by atoms with E-state index < -0.39 is 15.1 Å². The summed E-state index contributed by atoms with van der Waals surface area (Å²) in [6.45, 7) is 3.23. The first kappa shape index (κ1) is 15.3. The minimum atomic E-state index is -3.39. The third-order valence-corrected chi connectivity index (χ3v) is 5.23. The van der Waals surface area contributed by atoms with Crippen LogP contribution in [0.2, 0.25) is 0 Å². The fourth-order valence-electron chi connectivity index (χ4n) is 1.81.